The Bertz CT molecular complexity index is 707. The largest absolute Gasteiger partial charge is 0.465 e. The highest BCUT2D eigenvalue weighted by atomic mass is 32.1. The summed E-state index contributed by atoms with van der Waals surface area (Å²) in [5.74, 6) is -0.547. The molecule has 4 nitrogen and oxygen atoms in total. The van der Waals surface area contributed by atoms with Crippen LogP contribution in [-0.4, -0.2) is 19.0 Å². The molecule has 1 aliphatic rings. The van der Waals surface area contributed by atoms with Crippen LogP contribution in [0.25, 0.3) is 0 Å². The molecule has 1 aromatic carbocycles. The number of carbonyl (C=O) groups is 2. The van der Waals surface area contributed by atoms with Gasteiger partial charge < -0.3 is 10.1 Å². The molecule has 1 unspecified atom stereocenters. The lowest BCUT2D eigenvalue weighted by atomic mass is 9.88. The SMILES string of the molecule is COC(=O)c1ccc(C(=O)NC2CCCc3ccccc32)s1. The Labute approximate surface area is 133 Å². The van der Waals surface area contributed by atoms with Crippen molar-refractivity contribution in [2.24, 2.45) is 0 Å². The van der Waals surface area contributed by atoms with Gasteiger partial charge in [-0.3, -0.25) is 4.79 Å². The Kier molecular flexibility index (Phi) is 4.24. The zero-order valence-corrected chi connectivity index (χ0v) is 13.1. The zero-order chi connectivity index (χ0) is 15.5. The molecule has 0 spiro atoms. The summed E-state index contributed by atoms with van der Waals surface area (Å²) in [5.41, 5.74) is 2.51. The first kappa shape index (κ1) is 14.8. The van der Waals surface area contributed by atoms with E-state index in [1.54, 1.807) is 12.1 Å². The fourth-order valence-electron chi connectivity index (χ4n) is 2.80. The van der Waals surface area contributed by atoms with Gasteiger partial charge in [0.25, 0.3) is 5.91 Å². The topological polar surface area (TPSA) is 55.4 Å². The van der Waals surface area contributed by atoms with E-state index >= 15 is 0 Å². The number of rotatable bonds is 3. The molecule has 0 saturated carbocycles. The predicted molar refractivity (Wildman–Crippen MR) is 85.2 cm³/mol. The standard InChI is InChI=1S/C17H17NO3S/c1-21-17(20)15-10-9-14(22-15)16(19)18-13-8-4-6-11-5-2-3-7-12(11)13/h2-3,5,7,9-10,13H,4,6,8H2,1H3,(H,18,19). The lowest BCUT2D eigenvalue weighted by Crippen LogP contribution is -2.30. The van der Waals surface area contributed by atoms with E-state index in [9.17, 15) is 9.59 Å². The van der Waals surface area contributed by atoms with Gasteiger partial charge in [0.2, 0.25) is 0 Å². The van der Waals surface area contributed by atoms with E-state index in [1.165, 1.54) is 18.2 Å². The minimum absolute atomic E-state index is 0.0427. The Morgan fingerprint density at radius 2 is 1.95 bits per heavy atom. The fourth-order valence-corrected chi connectivity index (χ4v) is 3.63. The normalized spacial score (nSPS) is 16.7. The third kappa shape index (κ3) is 2.90. The van der Waals surface area contributed by atoms with Gasteiger partial charge in [-0.2, -0.15) is 0 Å². The zero-order valence-electron chi connectivity index (χ0n) is 12.3. The lowest BCUT2D eigenvalue weighted by Gasteiger charge is -2.26. The number of methoxy groups -OCH3 is 1. The molecule has 1 N–H and O–H groups in total. The van der Waals surface area contributed by atoms with E-state index in [0.717, 1.165) is 30.6 Å². The van der Waals surface area contributed by atoms with Crippen molar-refractivity contribution in [3.05, 3.63) is 57.3 Å². The number of benzene rings is 1. The van der Waals surface area contributed by atoms with Crippen LogP contribution in [0.2, 0.25) is 0 Å². The third-order valence-corrected chi connectivity index (χ3v) is 4.96. The number of hydrogen-bond acceptors (Lipinski definition) is 4. The van der Waals surface area contributed by atoms with Crippen LogP contribution >= 0.6 is 11.3 Å². The number of hydrogen-bond donors (Lipinski definition) is 1. The van der Waals surface area contributed by atoms with Crippen molar-refractivity contribution in [3.63, 3.8) is 0 Å². The van der Waals surface area contributed by atoms with Crippen molar-refractivity contribution in [1.29, 1.82) is 0 Å². The highest BCUT2D eigenvalue weighted by Gasteiger charge is 2.23. The number of aryl methyl sites for hydroxylation is 1. The summed E-state index contributed by atoms with van der Waals surface area (Å²) in [4.78, 5) is 24.8. The molecule has 0 aliphatic heterocycles. The number of nitrogens with one attached hydrogen (secondary N) is 1. The van der Waals surface area contributed by atoms with Crippen LogP contribution in [0.15, 0.2) is 36.4 Å². The van der Waals surface area contributed by atoms with Crippen LogP contribution in [-0.2, 0) is 11.2 Å². The maximum atomic E-state index is 12.4. The van der Waals surface area contributed by atoms with Crippen molar-refractivity contribution in [2.45, 2.75) is 25.3 Å². The summed E-state index contributed by atoms with van der Waals surface area (Å²) in [5, 5.41) is 3.08. The molecule has 1 heterocycles. The summed E-state index contributed by atoms with van der Waals surface area (Å²) in [6.07, 6.45) is 3.08. The molecule has 2 aromatic rings. The number of fused-ring (bicyclic) bond motifs is 1. The maximum Gasteiger partial charge on any atom is 0.348 e. The first-order chi connectivity index (χ1) is 10.7. The minimum atomic E-state index is -0.410. The number of ether oxygens (including phenoxy) is 1. The molecule has 22 heavy (non-hydrogen) atoms. The average molecular weight is 315 g/mol. The average Bonchev–Trinajstić information content (AvgIpc) is 3.04. The van der Waals surface area contributed by atoms with E-state index in [2.05, 4.69) is 22.2 Å². The molecule has 0 fully saturated rings. The van der Waals surface area contributed by atoms with Gasteiger partial charge in [-0.05, 0) is 42.5 Å². The van der Waals surface area contributed by atoms with Gasteiger partial charge in [-0.15, -0.1) is 11.3 Å². The quantitative estimate of drug-likeness (QED) is 0.884. The second kappa shape index (κ2) is 6.32. The Hall–Kier alpha value is -2.14. The van der Waals surface area contributed by atoms with Crippen molar-refractivity contribution < 1.29 is 14.3 Å². The van der Waals surface area contributed by atoms with Crippen molar-refractivity contribution in [1.82, 2.24) is 5.32 Å². The molecule has 1 aromatic heterocycles. The van der Waals surface area contributed by atoms with Gasteiger partial charge >= 0.3 is 5.97 Å². The lowest BCUT2D eigenvalue weighted by molar-refractivity contribution is 0.0606. The highest BCUT2D eigenvalue weighted by Crippen LogP contribution is 2.30. The molecule has 1 atom stereocenters. The summed E-state index contributed by atoms with van der Waals surface area (Å²) in [6, 6.07) is 11.6. The number of amides is 1. The highest BCUT2D eigenvalue weighted by molar-refractivity contribution is 7.15. The van der Waals surface area contributed by atoms with E-state index in [1.807, 2.05) is 12.1 Å². The minimum Gasteiger partial charge on any atom is -0.465 e. The monoisotopic (exact) mass is 315 g/mol. The fraction of sp³-hybridized carbons (Fsp3) is 0.294. The van der Waals surface area contributed by atoms with E-state index in [4.69, 9.17) is 0 Å². The van der Waals surface area contributed by atoms with Gasteiger partial charge in [-0.25, -0.2) is 4.79 Å². The molecule has 0 bridgehead atoms. The van der Waals surface area contributed by atoms with Crippen LogP contribution in [0.1, 0.15) is 49.4 Å². The predicted octanol–water partition coefficient (Wildman–Crippen LogP) is 3.34. The molecule has 1 aliphatic carbocycles. The summed E-state index contributed by atoms with van der Waals surface area (Å²) in [6.45, 7) is 0. The third-order valence-electron chi connectivity index (χ3n) is 3.89. The Morgan fingerprint density at radius 1 is 1.18 bits per heavy atom. The van der Waals surface area contributed by atoms with Gasteiger partial charge in [0.15, 0.2) is 0 Å². The van der Waals surface area contributed by atoms with Crippen LogP contribution in [0.5, 0.6) is 0 Å². The van der Waals surface area contributed by atoms with E-state index < -0.39 is 5.97 Å². The summed E-state index contributed by atoms with van der Waals surface area (Å²) >= 11 is 1.16. The van der Waals surface area contributed by atoms with E-state index in [0.29, 0.717) is 9.75 Å². The maximum absolute atomic E-state index is 12.4. The van der Waals surface area contributed by atoms with Gasteiger partial charge in [0, 0.05) is 0 Å². The van der Waals surface area contributed by atoms with Crippen LogP contribution in [0, 0.1) is 0 Å². The van der Waals surface area contributed by atoms with Crippen molar-refractivity contribution in [2.75, 3.05) is 7.11 Å². The van der Waals surface area contributed by atoms with Gasteiger partial charge in [0.05, 0.1) is 18.0 Å². The second-order valence-electron chi connectivity index (χ2n) is 5.27. The Balaban J connectivity index is 1.75. The smallest absolute Gasteiger partial charge is 0.348 e. The number of esters is 1. The molecule has 0 radical (unpaired) electrons. The molecular formula is C17H17NO3S. The van der Waals surface area contributed by atoms with Crippen LogP contribution in [0.3, 0.4) is 0 Å². The summed E-state index contributed by atoms with van der Waals surface area (Å²) in [7, 11) is 1.33. The number of carbonyl (C=O) groups excluding carboxylic acids is 2. The van der Waals surface area contributed by atoms with Gasteiger partial charge in [0.1, 0.15) is 4.88 Å². The van der Waals surface area contributed by atoms with Crippen molar-refractivity contribution >= 4 is 23.2 Å². The van der Waals surface area contributed by atoms with Gasteiger partial charge in [-0.1, -0.05) is 24.3 Å². The number of thiophene rings is 1. The molecule has 3 rings (SSSR count). The molecule has 1 amide bonds. The van der Waals surface area contributed by atoms with E-state index in [-0.39, 0.29) is 11.9 Å². The molecule has 5 heteroatoms. The molecular weight excluding hydrogens is 298 g/mol. The molecule has 114 valence electrons. The second-order valence-corrected chi connectivity index (χ2v) is 6.36. The van der Waals surface area contributed by atoms with Crippen LogP contribution < -0.4 is 5.32 Å². The Morgan fingerprint density at radius 3 is 2.77 bits per heavy atom. The van der Waals surface area contributed by atoms with Crippen LogP contribution in [0.4, 0.5) is 0 Å². The molecule has 0 saturated heterocycles. The first-order valence-electron chi connectivity index (χ1n) is 7.26. The first-order valence-corrected chi connectivity index (χ1v) is 8.07. The summed E-state index contributed by atoms with van der Waals surface area (Å²) < 4.78 is 4.67. The van der Waals surface area contributed by atoms with Crippen molar-refractivity contribution in [3.8, 4) is 0 Å².